The number of rotatable bonds is 11. The maximum absolute atomic E-state index is 12.8. The van der Waals surface area contributed by atoms with Gasteiger partial charge in [0, 0.05) is 28.8 Å². The number of nitrogens with zero attached hydrogens (tertiary/aromatic N) is 1. The molecule has 0 radical (unpaired) electrons. The van der Waals surface area contributed by atoms with Crippen molar-refractivity contribution in [2.75, 3.05) is 19.7 Å². The Balaban J connectivity index is 0.000000649. The average molecular weight is 564 g/mol. The molecule has 2 atom stereocenters. The Kier molecular flexibility index (Phi) is 12.2. The monoisotopic (exact) mass is 563 g/mol. The number of thiophene rings is 1. The van der Waals surface area contributed by atoms with Crippen molar-refractivity contribution in [3.05, 3.63) is 88.6 Å². The van der Waals surface area contributed by atoms with Gasteiger partial charge in [-0.1, -0.05) is 54.6 Å². The van der Waals surface area contributed by atoms with Crippen LogP contribution in [-0.2, 0) is 14.4 Å². The molecule has 1 saturated heterocycles. The van der Waals surface area contributed by atoms with Crippen molar-refractivity contribution in [1.29, 1.82) is 5.41 Å². The number of carbonyl (C=O) groups is 3. The summed E-state index contributed by atoms with van der Waals surface area (Å²) in [5.74, 6) is 0.0241. The molecule has 1 aromatic heterocycles. The summed E-state index contributed by atoms with van der Waals surface area (Å²) in [5, 5.41) is 14.9. The summed E-state index contributed by atoms with van der Waals surface area (Å²) in [5.41, 5.74) is 6.14. The number of carbonyl (C=O) groups excluding carboxylic acids is 3. The number of amides is 3. The highest BCUT2D eigenvalue weighted by Gasteiger charge is 2.34. The van der Waals surface area contributed by atoms with Gasteiger partial charge in [-0.25, -0.2) is 0 Å². The zero-order valence-corrected chi connectivity index (χ0v) is 23.5. The molecule has 2 aromatic carbocycles. The summed E-state index contributed by atoms with van der Waals surface area (Å²) >= 11 is 1.42. The lowest BCUT2D eigenvalue weighted by Gasteiger charge is -2.25. The van der Waals surface area contributed by atoms with E-state index in [2.05, 4.69) is 10.6 Å². The van der Waals surface area contributed by atoms with Gasteiger partial charge in [0.15, 0.2) is 0 Å². The molecule has 4 rings (SSSR count). The molecule has 0 saturated carbocycles. The molecule has 1 unspecified atom stereocenters. The molecule has 1 fully saturated rings. The number of para-hydroxylation sites is 1. The normalized spacial score (nSPS) is 14.8. The minimum absolute atomic E-state index is 0.0145. The van der Waals surface area contributed by atoms with Crippen LogP contribution in [0.25, 0.3) is 0 Å². The number of benzene rings is 2. The van der Waals surface area contributed by atoms with E-state index in [4.69, 9.17) is 15.9 Å². The molecular weight excluding hydrogens is 526 g/mol. The predicted octanol–water partition coefficient (Wildman–Crippen LogP) is 3.86. The van der Waals surface area contributed by atoms with Gasteiger partial charge in [-0.05, 0) is 44.4 Å². The first kappa shape index (κ1) is 30.4. The highest BCUT2D eigenvalue weighted by molar-refractivity contribution is 7.10. The Bertz CT molecular complexity index is 1210. The summed E-state index contributed by atoms with van der Waals surface area (Å²) < 4.78 is 5.56. The molecule has 0 spiro atoms. The van der Waals surface area contributed by atoms with E-state index in [0.717, 1.165) is 17.0 Å². The molecule has 2 heterocycles. The van der Waals surface area contributed by atoms with Gasteiger partial charge in [0.05, 0.1) is 19.2 Å². The van der Waals surface area contributed by atoms with Gasteiger partial charge in [-0.2, -0.15) is 0 Å². The van der Waals surface area contributed by atoms with Crippen molar-refractivity contribution in [2.24, 2.45) is 5.73 Å². The second-order valence-electron chi connectivity index (χ2n) is 9.32. The first-order chi connectivity index (χ1) is 19.3. The fourth-order valence-electron chi connectivity index (χ4n) is 4.13. The Morgan fingerprint density at radius 2 is 1.75 bits per heavy atom. The largest absolute Gasteiger partial charge is 0.494 e. The summed E-state index contributed by atoms with van der Waals surface area (Å²) in [6.07, 6.45) is 2.11. The Hall–Kier alpha value is -4.18. The third-order valence-corrected chi connectivity index (χ3v) is 7.37. The molecule has 0 bridgehead atoms. The first-order valence-electron chi connectivity index (χ1n) is 13.3. The molecule has 212 valence electrons. The maximum atomic E-state index is 12.8. The van der Waals surface area contributed by atoms with Crippen molar-refractivity contribution in [2.45, 2.75) is 44.7 Å². The van der Waals surface area contributed by atoms with E-state index < -0.39 is 6.04 Å². The molecule has 0 aliphatic carbocycles. The Labute approximate surface area is 239 Å². The van der Waals surface area contributed by atoms with Crippen LogP contribution in [0.15, 0.2) is 78.2 Å². The van der Waals surface area contributed by atoms with Crippen molar-refractivity contribution >= 4 is 34.9 Å². The van der Waals surface area contributed by atoms with Gasteiger partial charge < -0.3 is 26.0 Å². The lowest BCUT2D eigenvalue weighted by molar-refractivity contribution is -0.138. The summed E-state index contributed by atoms with van der Waals surface area (Å²) in [6.45, 7) is 2.62. The minimum atomic E-state index is -0.557. The second kappa shape index (κ2) is 16.0. The number of hydrogen-bond donors (Lipinski definition) is 4. The number of likely N-dealkylation sites (tertiary alicyclic amines) is 1. The molecule has 10 heteroatoms. The third-order valence-electron chi connectivity index (χ3n) is 6.26. The smallest absolute Gasteiger partial charge is 0.243 e. The van der Waals surface area contributed by atoms with Crippen molar-refractivity contribution in [3.63, 3.8) is 0 Å². The molecule has 3 aromatic rings. The van der Waals surface area contributed by atoms with Gasteiger partial charge in [-0.3, -0.25) is 19.8 Å². The van der Waals surface area contributed by atoms with Crippen LogP contribution in [0.3, 0.4) is 0 Å². The van der Waals surface area contributed by atoms with E-state index >= 15 is 0 Å². The van der Waals surface area contributed by atoms with Crippen LogP contribution in [0.5, 0.6) is 5.75 Å². The maximum Gasteiger partial charge on any atom is 0.243 e. The highest BCUT2D eigenvalue weighted by atomic mass is 32.1. The average Bonchev–Trinajstić information content (AvgIpc) is 3.67. The van der Waals surface area contributed by atoms with Crippen LogP contribution >= 0.6 is 11.3 Å². The second-order valence-corrected chi connectivity index (χ2v) is 10.3. The highest BCUT2D eigenvalue weighted by Crippen LogP contribution is 2.24. The van der Waals surface area contributed by atoms with E-state index in [1.54, 1.807) is 11.4 Å². The Morgan fingerprint density at radius 1 is 1.10 bits per heavy atom. The molecule has 1 aliphatic rings. The number of hydrogen-bond acceptors (Lipinski definition) is 6. The van der Waals surface area contributed by atoms with Gasteiger partial charge >= 0.3 is 0 Å². The fraction of sp³-hybridized carbons (Fsp3) is 0.333. The van der Waals surface area contributed by atoms with E-state index in [-0.39, 0.29) is 42.6 Å². The molecule has 1 aliphatic heterocycles. The molecule has 9 nitrogen and oxygen atoms in total. The lowest BCUT2D eigenvalue weighted by atomic mass is 10.1. The quantitative estimate of drug-likeness (QED) is 0.159. The standard InChI is InChI=1S/C24H31N5O4S.C6H6/c1-16(20-13-17(15-34-20)23(25)26)28-24(32)19-9-5-11-29(19)22(31)14-27-21(30)10-6-12-33-18-7-3-2-4-8-18;1-2-4-6-5-3-1/h2-4,7-8,13,15-16,19H,5-6,9-12,14H2,1H3,(H3,25,26)(H,27,30)(H,28,32);1-6H/t16-,19?;/m1./s1. The minimum Gasteiger partial charge on any atom is -0.494 e. The number of amidine groups is 1. The molecular formula is C30H37N5O4S. The van der Waals surface area contributed by atoms with Crippen molar-refractivity contribution < 1.29 is 19.1 Å². The van der Waals surface area contributed by atoms with Crippen LogP contribution in [0.1, 0.15) is 49.1 Å². The van der Waals surface area contributed by atoms with Crippen LogP contribution in [-0.4, -0.2) is 54.2 Å². The van der Waals surface area contributed by atoms with E-state index in [1.165, 1.54) is 16.2 Å². The topological polar surface area (TPSA) is 138 Å². The first-order valence-corrected chi connectivity index (χ1v) is 14.2. The van der Waals surface area contributed by atoms with Gasteiger partial charge in [0.2, 0.25) is 17.7 Å². The van der Waals surface area contributed by atoms with Crippen LogP contribution in [0, 0.1) is 5.41 Å². The van der Waals surface area contributed by atoms with E-state index in [1.807, 2.05) is 73.7 Å². The summed E-state index contributed by atoms with van der Waals surface area (Å²) in [4.78, 5) is 40.1. The molecule has 3 amide bonds. The van der Waals surface area contributed by atoms with Gasteiger partial charge in [-0.15, -0.1) is 11.3 Å². The van der Waals surface area contributed by atoms with E-state index in [9.17, 15) is 14.4 Å². The number of nitrogen functional groups attached to an aromatic ring is 1. The zero-order valence-electron chi connectivity index (χ0n) is 22.7. The number of nitrogens with one attached hydrogen (secondary N) is 3. The van der Waals surface area contributed by atoms with Crippen LogP contribution < -0.4 is 21.1 Å². The third kappa shape index (κ3) is 9.85. The zero-order chi connectivity index (χ0) is 28.7. The van der Waals surface area contributed by atoms with Crippen LogP contribution in [0.4, 0.5) is 0 Å². The van der Waals surface area contributed by atoms with Gasteiger partial charge in [0.1, 0.15) is 17.6 Å². The summed E-state index contributed by atoms with van der Waals surface area (Å²) in [7, 11) is 0. The molecule has 5 N–H and O–H groups in total. The Morgan fingerprint density at radius 3 is 2.38 bits per heavy atom. The fourth-order valence-corrected chi connectivity index (χ4v) is 5.04. The molecule has 40 heavy (non-hydrogen) atoms. The number of nitrogens with two attached hydrogens (primary N) is 1. The van der Waals surface area contributed by atoms with Crippen molar-refractivity contribution in [1.82, 2.24) is 15.5 Å². The SMILES string of the molecule is C[C@@H](NC(=O)C1CCCN1C(=O)CNC(=O)CCCOc1ccccc1)c1cc(C(=N)N)cs1.c1ccccc1. The van der Waals surface area contributed by atoms with Crippen molar-refractivity contribution in [3.8, 4) is 5.75 Å². The lowest BCUT2D eigenvalue weighted by Crippen LogP contribution is -2.49. The number of ether oxygens (including phenoxy) is 1. The predicted molar refractivity (Wildman–Crippen MR) is 157 cm³/mol. The van der Waals surface area contributed by atoms with Gasteiger partial charge in [0.25, 0.3) is 0 Å². The van der Waals surface area contributed by atoms with E-state index in [0.29, 0.717) is 31.6 Å². The van der Waals surface area contributed by atoms with Crippen LogP contribution in [0.2, 0.25) is 0 Å². The summed E-state index contributed by atoms with van der Waals surface area (Å²) in [6, 6.07) is 22.3.